The van der Waals surface area contributed by atoms with Crippen molar-refractivity contribution in [2.24, 2.45) is 5.92 Å². The van der Waals surface area contributed by atoms with E-state index in [0.29, 0.717) is 70.3 Å². The number of rotatable bonds is 11. The van der Waals surface area contributed by atoms with E-state index in [2.05, 4.69) is 45.5 Å². The van der Waals surface area contributed by atoms with Crippen molar-refractivity contribution < 1.29 is 32.0 Å². The molecule has 1 atom stereocenters. The number of hydrogen-bond donors (Lipinski definition) is 4. The molecule has 6 aliphatic heterocycles. The smallest absolute Gasteiger partial charge is 0.262 e. The molecule has 4 N–H and O–H groups in total. The van der Waals surface area contributed by atoms with Crippen LogP contribution in [0.3, 0.4) is 0 Å². The summed E-state index contributed by atoms with van der Waals surface area (Å²) in [4.78, 5) is 73.9. The van der Waals surface area contributed by atoms with Crippen LogP contribution in [0.2, 0.25) is 0 Å². The Morgan fingerprint density at radius 1 is 0.768 bits per heavy atom. The van der Waals surface area contributed by atoms with Crippen molar-refractivity contribution in [1.82, 2.24) is 35.0 Å². The van der Waals surface area contributed by atoms with E-state index >= 15 is 4.39 Å². The SMILES string of the molecule is CS(=O)(=O)N1CCc2cccc(Nc3nc(Nc4ccc(N5CCC(N6CCN(CC7CCN(c8ccc9c(c8)C(=O)N(C8CCC(=O)NC8=O)C9=O)CC7)CC6)CC5)c(F)c4)nc4[nH]ccc34)c21. The van der Waals surface area contributed by atoms with Gasteiger partial charge in [-0.25, -0.2) is 12.8 Å². The Morgan fingerprint density at radius 3 is 2.29 bits per heavy atom. The first-order valence-electron chi connectivity index (χ1n) is 23.9. The van der Waals surface area contributed by atoms with Crippen LogP contribution in [0.25, 0.3) is 11.0 Å². The molecule has 69 heavy (non-hydrogen) atoms. The molecule has 4 saturated heterocycles. The van der Waals surface area contributed by atoms with E-state index in [-0.39, 0.29) is 24.6 Å². The lowest BCUT2D eigenvalue weighted by molar-refractivity contribution is -0.136. The van der Waals surface area contributed by atoms with Crippen molar-refractivity contribution in [3.63, 3.8) is 0 Å². The summed E-state index contributed by atoms with van der Waals surface area (Å²) >= 11 is 0. The number of piperidine rings is 3. The van der Waals surface area contributed by atoms with Crippen LogP contribution in [0.1, 0.15) is 64.8 Å². The van der Waals surface area contributed by atoms with E-state index in [4.69, 9.17) is 4.98 Å². The third-order valence-corrected chi connectivity index (χ3v) is 16.0. The quantitative estimate of drug-likeness (QED) is 0.132. The molecule has 360 valence electrons. The number of para-hydroxylation sites is 1. The first kappa shape index (κ1) is 44.8. The minimum Gasteiger partial charge on any atom is -0.371 e. The third-order valence-electron chi connectivity index (χ3n) is 14.9. The fourth-order valence-corrected chi connectivity index (χ4v) is 12.2. The molecule has 2 aromatic heterocycles. The van der Waals surface area contributed by atoms with Crippen LogP contribution >= 0.6 is 0 Å². The summed E-state index contributed by atoms with van der Waals surface area (Å²) in [6.07, 6.45) is 7.79. The number of halogens is 1. The van der Waals surface area contributed by atoms with Gasteiger partial charge < -0.3 is 30.3 Å². The van der Waals surface area contributed by atoms with Gasteiger partial charge in [-0.15, -0.1) is 0 Å². The minimum absolute atomic E-state index is 0.0886. The number of carbonyl (C=O) groups excluding carboxylic acids is 4. The average Bonchev–Trinajstić information content (AvgIpc) is 4.07. The Morgan fingerprint density at radius 2 is 1.54 bits per heavy atom. The van der Waals surface area contributed by atoms with Crippen molar-refractivity contribution in [3.8, 4) is 0 Å². The number of nitrogens with zero attached hydrogens (tertiary/aromatic N) is 8. The lowest BCUT2D eigenvalue weighted by Crippen LogP contribution is -2.54. The van der Waals surface area contributed by atoms with Gasteiger partial charge in [-0.1, -0.05) is 12.1 Å². The number of fused-ring (bicyclic) bond motifs is 3. The summed E-state index contributed by atoms with van der Waals surface area (Å²) in [5, 5.41) is 9.52. The molecule has 4 fully saturated rings. The Kier molecular flexibility index (Phi) is 11.7. The maximum absolute atomic E-state index is 15.9. The molecule has 1 unspecified atom stereocenters. The van der Waals surface area contributed by atoms with E-state index < -0.39 is 39.7 Å². The zero-order chi connectivity index (χ0) is 47.6. The van der Waals surface area contributed by atoms with Crippen molar-refractivity contribution in [2.45, 2.75) is 57.0 Å². The first-order chi connectivity index (χ1) is 33.3. The molecule has 0 bridgehead atoms. The van der Waals surface area contributed by atoms with E-state index in [1.165, 1.54) is 16.6 Å². The second-order valence-electron chi connectivity index (χ2n) is 19.1. The van der Waals surface area contributed by atoms with Crippen LogP contribution in [-0.4, -0.2) is 145 Å². The summed E-state index contributed by atoms with van der Waals surface area (Å²) in [6.45, 7) is 8.72. The van der Waals surface area contributed by atoms with Crippen LogP contribution in [0.5, 0.6) is 0 Å². The molecule has 0 spiro atoms. The number of carbonyl (C=O) groups is 4. The summed E-state index contributed by atoms with van der Waals surface area (Å²) in [5.74, 6) is -0.994. The Labute approximate surface area is 399 Å². The molecule has 5 aromatic rings. The topological polar surface area (TPSA) is 200 Å². The molecular formula is C49H55FN12O6S. The van der Waals surface area contributed by atoms with Crippen LogP contribution < -0.4 is 30.1 Å². The van der Waals surface area contributed by atoms with Gasteiger partial charge in [-0.2, -0.15) is 9.97 Å². The summed E-state index contributed by atoms with van der Waals surface area (Å²) < 4.78 is 42.5. The lowest BCUT2D eigenvalue weighted by Gasteiger charge is -2.44. The highest BCUT2D eigenvalue weighted by Gasteiger charge is 2.45. The second kappa shape index (κ2) is 18.0. The molecular weight excluding hydrogens is 904 g/mol. The molecule has 6 aliphatic rings. The Bertz CT molecular complexity index is 2980. The number of imide groups is 2. The molecule has 8 heterocycles. The van der Waals surface area contributed by atoms with E-state index in [1.807, 2.05) is 42.5 Å². The van der Waals surface area contributed by atoms with Crippen molar-refractivity contribution in [3.05, 3.63) is 89.4 Å². The predicted octanol–water partition coefficient (Wildman–Crippen LogP) is 4.81. The average molecular weight is 959 g/mol. The van der Waals surface area contributed by atoms with Crippen molar-refractivity contribution in [2.75, 3.05) is 96.4 Å². The van der Waals surface area contributed by atoms with Gasteiger partial charge in [-0.3, -0.25) is 38.6 Å². The largest absolute Gasteiger partial charge is 0.371 e. The van der Waals surface area contributed by atoms with Gasteiger partial charge in [0.25, 0.3) is 11.8 Å². The van der Waals surface area contributed by atoms with Crippen LogP contribution in [0.4, 0.5) is 44.6 Å². The fraction of sp³-hybridized carbons (Fsp3) is 0.429. The number of piperazine rings is 1. The Hall–Kier alpha value is -6.64. The number of amides is 4. The number of aromatic nitrogens is 3. The first-order valence-corrected chi connectivity index (χ1v) is 25.8. The number of benzene rings is 3. The highest BCUT2D eigenvalue weighted by Crippen LogP contribution is 2.40. The van der Waals surface area contributed by atoms with Crippen molar-refractivity contribution >= 4 is 84.9 Å². The maximum Gasteiger partial charge on any atom is 0.262 e. The monoisotopic (exact) mass is 958 g/mol. The third kappa shape index (κ3) is 8.73. The normalized spacial score (nSPS) is 21.0. The molecule has 3 aromatic carbocycles. The number of aromatic amines is 1. The number of nitrogens with one attached hydrogen (secondary N) is 4. The Balaban J connectivity index is 0.645. The van der Waals surface area contributed by atoms with Gasteiger partial charge in [0.05, 0.1) is 39.8 Å². The summed E-state index contributed by atoms with van der Waals surface area (Å²) in [5.41, 5.74) is 5.32. The zero-order valence-corrected chi connectivity index (χ0v) is 39.2. The van der Waals surface area contributed by atoms with Crippen LogP contribution in [-0.2, 0) is 26.0 Å². The number of anilines is 7. The van der Waals surface area contributed by atoms with Gasteiger partial charge in [-0.05, 0) is 98.5 Å². The zero-order valence-electron chi connectivity index (χ0n) is 38.4. The molecule has 0 radical (unpaired) electrons. The predicted molar refractivity (Wildman–Crippen MR) is 260 cm³/mol. The molecule has 18 nitrogen and oxygen atoms in total. The maximum atomic E-state index is 15.9. The molecule has 4 amide bonds. The van der Waals surface area contributed by atoms with Gasteiger partial charge >= 0.3 is 0 Å². The molecule has 0 aliphatic carbocycles. The number of hydrogen-bond acceptors (Lipinski definition) is 14. The van der Waals surface area contributed by atoms with Crippen LogP contribution in [0, 0.1) is 11.7 Å². The second-order valence-corrected chi connectivity index (χ2v) is 21.0. The van der Waals surface area contributed by atoms with Gasteiger partial charge in [0.2, 0.25) is 27.8 Å². The molecule has 20 heteroatoms. The fourth-order valence-electron chi connectivity index (χ4n) is 11.2. The van der Waals surface area contributed by atoms with E-state index in [9.17, 15) is 27.6 Å². The molecule has 11 rings (SSSR count). The van der Waals surface area contributed by atoms with E-state index in [1.54, 1.807) is 18.3 Å². The van der Waals surface area contributed by atoms with Gasteiger partial charge in [0, 0.05) is 95.5 Å². The summed E-state index contributed by atoms with van der Waals surface area (Å²) in [7, 11) is -3.48. The van der Waals surface area contributed by atoms with Gasteiger partial charge in [0.15, 0.2) is 0 Å². The number of H-pyrrole nitrogens is 1. The summed E-state index contributed by atoms with van der Waals surface area (Å²) in [6, 6.07) is 17.5. The van der Waals surface area contributed by atoms with Crippen molar-refractivity contribution in [1.29, 1.82) is 0 Å². The number of sulfonamides is 1. The minimum atomic E-state index is -3.48. The highest BCUT2D eigenvalue weighted by molar-refractivity contribution is 7.92. The lowest BCUT2D eigenvalue weighted by atomic mass is 9.95. The van der Waals surface area contributed by atoms with E-state index in [0.717, 1.165) is 106 Å². The van der Waals surface area contributed by atoms with Gasteiger partial charge in [0.1, 0.15) is 23.3 Å². The van der Waals surface area contributed by atoms with Crippen LogP contribution in [0.15, 0.2) is 66.9 Å². The highest BCUT2D eigenvalue weighted by atomic mass is 32.2. The molecule has 0 saturated carbocycles. The standard InChI is InChI=1S/C49H55FN12O6S/c1-69(67,68)61-22-14-31-3-2-4-39(43(31)61)53-45-36-11-17-51-44(36)55-49(56-45)52-32-5-8-40(38(50)27-32)60-20-15-33(16-21-60)59-25-23-57(24-26-59)29-30-12-18-58(19-13-30)34-6-7-35-37(28-34)48(66)62(47(35)65)41-9-10-42(63)54-46(41)64/h2-8,11,17,27-28,30,33,41H,9-10,12-16,18-26,29H2,1H3,(H,54,63,64)(H3,51,52,53,55,56).